The molecule has 4 aliphatic rings. The van der Waals surface area contributed by atoms with Crippen LogP contribution in [-0.2, 0) is 0 Å². The largest absolute Gasteiger partial charge is 0.390 e. The van der Waals surface area contributed by atoms with Gasteiger partial charge in [0.25, 0.3) is 0 Å². The van der Waals surface area contributed by atoms with Gasteiger partial charge in [-0.05, 0) is 49.0 Å². The van der Waals surface area contributed by atoms with Crippen molar-refractivity contribution in [1.82, 2.24) is 0 Å². The smallest absolute Gasteiger partial charge is 0.0724 e. The van der Waals surface area contributed by atoms with E-state index in [1.807, 2.05) is 13.8 Å². The third kappa shape index (κ3) is 4.80. The van der Waals surface area contributed by atoms with Crippen LogP contribution in [-0.4, -0.2) is 10.7 Å². The molecule has 1 nitrogen and oxygen atoms in total. The molecule has 0 saturated heterocycles. The molecule has 3 unspecified atom stereocenters. The number of hydrogen-bond donors (Lipinski definition) is 1. The fourth-order valence-corrected chi connectivity index (χ4v) is 6.97. The first-order valence-corrected chi connectivity index (χ1v) is 14.9. The Morgan fingerprint density at radius 2 is 1.67 bits per heavy atom. The Bertz CT molecular complexity index is 1400. The Morgan fingerprint density at radius 1 is 0.923 bits per heavy atom. The summed E-state index contributed by atoms with van der Waals surface area (Å²) >= 11 is 0. The van der Waals surface area contributed by atoms with Gasteiger partial charge < -0.3 is 5.11 Å². The minimum absolute atomic E-state index is 0.302. The Labute approximate surface area is 235 Å². The van der Waals surface area contributed by atoms with E-state index >= 15 is 0 Å². The Morgan fingerprint density at radius 3 is 2.38 bits per heavy atom. The molecule has 1 N–H and O–H groups in total. The summed E-state index contributed by atoms with van der Waals surface area (Å²) in [7, 11) is 0. The van der Waals surface area contributed by atoms with Crippen LogP contribution in [0.5, 0.6) is 0 Å². The van der Waals surface area contributed by atoms with Gasteiger partial charge in [0.15, 0.2) is 0 Å². The van der Waals surface area contributed by atoms with Crippen molar-refractivity contribution < 1.29 is 5.11 Å². The highest BCUT2D eigenvalue weighted by Gasteiger charge is 2.47. The zero-order valence-electron chi connectivity index (χ0n) is 24.3. The Hall–Kier alpha value is -3.03. The van der Waals surface area contributed by atoms with E-state index < -0.39 is 5.60 Å². The molecule has 0 radical (unpaired) electrons. The van der Waals surface area contributed by atoms with Crippen molar-refractivity contribution in [3.8, 4) is 0 Å². The van der Waals surface area contributed by atoms with Crippen LogP contribution in [0.1, 0.15) is 95.2 Å². The van der Waals surface area contributed by atoms with Crippen molar-refractivity contribution in [3.63, 3.8) is 0 Å². The highest BCUT2D eigenvalue weighted by molar-refractivity contribution is 5.82. The van der Waals surface area contributed by atoms with Crippen LogP contribution in [0.2, 0.25) is 0 Å². The predicted octanol–water partition coefficient (Wildman–Crippen LogP) is 9.66. The monoisotopic (exact) mass is 515 g/mol. The third-order valence-corrected chi connectivity index (χ3v) is 10.0. The van der Waals surface area contributed by atoms with Crippen molar-refractivity contribution in [2.45, 2.75) is 84.2 Å². The predicted molar refractivity (Wildman–Crippen MR) is 164 cm³/mol. The molecule has 0 aliphatic heterocycles. The second kappa shape index (κ2) is 9.86. The standard InChI is InChI=1S/C38H43O/c1-25-15-18-28(19-16-25)32-22-36-31-20-17-26(24-37(2,3)38(4,5)39)21-34(31)33(27-11-7-6-8-12-27)23-35(36)30-14-10-9-13-29(30)32/h6-15,18-19,21,24-25,32-33,39H,16-17,20,22-23H2,1-5H3/q+1. The molecule has 0 aromatic heterocycles. The first-order valence-electron chi connectivity index (χ1n) is 14.9. The molecule has 39 heavy (non-hydrogen) atoms. The van der Waals surface area contributed by atoms with E-state index in [4.69, 9.17) is 0 Å². The van der Waals surface area contributed by atoms with E-state index in [0.717, 1.165) is 32.1 Å². The average Bonchev–Trinajstić information content (AvgIpc) is 2.92. The summed E-state index contributed by atoms with van der Waals surface area (Å²) in [6, 6.07) is 20.3. The van der Waals surface area contributed by atoms with Crippen LogP contribution in [0.15, 0.2) is 107 Å². The maximum absolute atomic E-state index is 10.9. The number of fused-ring (bicyclic) bond motifs is 4. The lowest BCUT2D eigenvalue weighted by atomic mass is 9.60. The van der Waals surface area contributed by atoms with E-state index in [0.29, 0.717) is 17.8 Å². The third-order valence-electron chi connectivity index (χ3n) is 10.0. The topological polar surface area (TPSA) is 20.2 Å². The van der Waals surface area contributed by atoms with Gasteiger partial charge in [-0.3, -0.25) is 0 Å². The molecule has 0 amide bonds. The normalized spacial score (nSPS) is 26.1. The summed E-state index contributed by atoms with van der Waals surface area (Å²) in [5.74, 6) is 2.99. The zero-order chi connectivity index (χ0) is 27.4. The molecule has 3 atom stereocenters. The van der Waals surface area contributed by atoms with Gasteiger partial charge in [-0.25, -0.2) is 0 Å². The van der Waals surface area contributed by atoms with Crippen LogP contribution in [0.4, 0.5) is 0 Å². The molecule has 2 aromatic rings. The van der Waals surface area contributed by atoms with Crippen LogP contribution in [0.3, 0.4) is 0 Å². The molecule has 1 heteroatoms. The second-order valence-electron chi connectivity index (χ2n) is 13.3. The fourth-order valence-electron chi connectivity index (χ4n) is 6.97. The van der Waals surface area contributed by atoms with Crippen molar-refractivity contribution in [1.29, 1.82) is 0 Å². The maximum Gasteiger partial charge on any atom is 0.0724 e. The average molecular weight is 516 g/mol. The second-order valence-corrected chi connectivity index (χ2v) is 13.3. The lowest BCUT2D eigenvalue weighted by molar-refractivity contribution is -0.00778. The van der Waals surface area contributed by atoms with Crippen molar-refractivity contribution >= 4 is 5.57 Å². The quantitative estimate of drug-likeness (QED) is 0.402. The summed E-state index contributed by atoms with van der Waals surface area (Å²) in [6.07, 6.45) is 17.5. The van der Waals surface area contributed by atoms with Crippen LogP contribution >= 0.6 is 0 Å². The minimum Gasteiger partial charge on any atom is -0.390 e. The summed E-state index contributed by atoms with van der Waals surface area (Å²) in [6.45, 7) is 10.5. The molecule has 200 valence electrons. The summed E-state index contributed by atoms with van der Waals surface area (Å²) in [4.78, 5) is 0. The molecule has 2 aromatic carbocycles. The van der Waals surface area contributed by atoms with Gasteiger partial charge in [-0.15, -0.1) is 0 Å². The first kappa shape index (κ1) is 26.2. The highest BCUT2D eigenvalue weighted by Crippen LogP contribution is 2.58. The van der Waals surface area contributed by atoms with Crippen molar-refractivity contribution in [2.75, 3.05) is 0 Å². The fraction of sp³-hybridized carbons (Fsp3) is 0.395. The number of rotatable bonds is 4. The number of allylic oxidation sites excluding steroid dienone is 9. The van der Waals surface area contributed by atoms with E-state index in [1.165, 1.54) is 33.4 Å². The maximum atomic E-state index is 10.9. The molecule has 0 saturated carbocycles. The van der Waals surface area contributed by atoms with E-state index in [2.05, 4.69) is 106 Å². The van der Waals surface area contributed by atoms with Gasteiger partial charge in [0, 0.05) is 60.1 Å². The number of benzene rings is 2. The molecule has 0 bridgehead atoms. The number of hydrogen-bond acceptors (Lipinski definition) is 1. The molecule has 4 aliphatic carbocycles. The molecule has 6 rings (SSSR count). The Kier molecular flexibility index (Phi) is 6.63. The van der Waals surface area contributed by atoms with Gasteiger partial charge in [0.2, 0.25) is 0 Å². The van der Waals surface area contributed by atoms with Crippen LogP contribution in [0, 0.1) is 17.3 Å². The highest BCUT2D eigenvalue weighted by atomic mass is 16.3. The summed E-state index contributed by atoms with van der Waals surface area (Å²) in [5.41, 5.74) is 10.8. The minimum atomic E-state index is -0.775. The lowest BCUT2D eigenvalue weighted by Gasteiger charge is -2.39. The molecular weight excluding hydrogens is 472 g/mol. The van der Waals surface area contributed by atoms with Crippen LogP contribution < -0.4 is 0 Å². The summed E-state index contributed by atoms with van der Waals surface area (Å²) < 4.78 is 0. The SMILES string of the molecule is CC1C=CC(C2CC3=C(CC(c4ccccc4)C4=CC(=CC(C)(C)C(C)(C)O)CC[C+]43)c3ccccc32)=CC1. The molecule has 0 spiro atoms. The lowest BCUT2D eigenvalue weighted by Crippen LogP contribution is -2.37. The first-order chi connectivity index (χ1) is 18.6. The van der Waals surface area contributed by atoms with Gasteiger partial charge in [0.1, 0.15) is 0 Å². The number of aliphatic hydroxyl groups is 1. The zero-order valence-corrected chi connectivity index (χ0v) is 24.3. The van der Waals surface area contributed by atoms with Crippen LogP contribution in [0.25, 0.3) is 5.57 Å². The van der Waals surface area contributed by atoms with E-state index in [1.54, 1.807) is 17.1 Å². The Balaban J connectivity index is 1.47. The molecule has 0 fully saturated rings. The summed E-state index contributed by atoms with van der Waals surface area (Å²) in [5, 5.41) is 10.9. The molecule has 0 heterocycles. The van der Waals surface area contributed by atoms with Crippen molar-refractivity contribution in [3.05, 3.63) is 130 Å². The molecular formula is C38H43O+. The van der Waals surface area contributed by atoms with Gasteiger partial charge >= 0.3 is 0 Å². The van der Waals surface area contributed by atoms with Gasteiger partial charge in [-0.2, -0.15) is 0 Å². The van der Waals surface area contributed by atoms with Crippen molar-refractivity contribution in [2.24, 2.45) is 11.3 Å². The van der Waals surface area contributed by atoms with E-state index in [-0.39, 0.29) is 5.41 Å². The van der Waals surface area contributed by atoms with Gasteiger partial charge in [0.05, 0.1) is 28.2 Å². The van der Waals surface area contributed by atoms with E-state index in [9.17, 15) is 5.11 Å². The van der Waals surface area contributed by atoms with Gasteiger partial charge in [-0.1, -0.05) is 93.6 Å².